The molecule has 1 amide bonds. The number of carboxylic acids is 1. The first kappa shape index (κ1) is 16.5. The summed E-state index contributed by atoms with van der Waals surface area (Å²) in [6.45, 7) is 5.74. The fraction of sp³-hybridized carbons (Fsp3) is 0.500. The van der Waals surface area contributed by atoms with Gasteiger partial charge in [-0.3, -0.25) is 14.6 Å². The highest BCUT2D eigenvalue weighted by Crippen LogP contribution is 2.22. The number of amides is 1. The topological polar surface area (TPSA) is 79.3 Å². The number of carbonyl (C=O) groups excluding carboxylic acids is 1. The number of nitrogens with zero attached hydrogens (tertiary/aromatic N) is 1. The van der Waals surface area contributed by atoms with Crippen molar-refractivity contribution >= 4 is 23.6 Å². The van der Waals surface area contributed by atoms with E-state index in [1.54, 1.807) is 12.4 Å². The minimum absolute atomic E-state index is 0.0742. The summed E-state index contributed by atoms with van der Waals surface area (Å²) in [6, 6.07) is 3.28. The number of carboxylic acid groups (broad SMARTS) is 1. The van der Waals surface area contributed by atoms with Crippen molar-refractivity contribution in [1.82, 2.24) is 10.3 Å². The highest BCUT2D eigenvalue weighted by atomic mass is 32.2. The van der Waals surface area contributed by atoms with Crippen LogP contribution in [-0.4, -0.2) is 33.8 Å². The Morgan fingerprint density at radius 2 is 1.95 bits per heavy atom. The summed E-state index contributed by atoms with van der Waals surface area (Å²) in [5.41, 5.74) is -0.296. The Morgan fingerprint density at radius 1 is 1.35 bits per heavy atom. The maximum absolute atomic E-state index is 11.9. The molecule has 0 bridgehead atoms. The van der Waals surface area contributed by atoms with Crippen LogP contribution < -0.4 is 5.32 Å². The molecule has 110 valence electrons. The van der Waals surface area contributed by atoms with Crippen LogP contribution >= 0.6 is 11.8 Å². The van der Waals surface area contributed by atoms with Gasteiger partial charge in [0.25, 0.3) is 0 Å². The summed E-state index contributed by atoms with van der Waals surface area (Å²) in [4.78, 5) is 27.6. The van der Waals surface area contributed by atoms with Gasteiger partial charge in [-0.25, -0.2) is 0 Å². The van der Waals surface area contributed by atoms with E-state index >= 15 is 0 Å². The van der Waals surface area contributed by atoms with Crippen molar-refractivity contribution in [2.24, 2.45) is 5.41 Å². The van der Waals surface area contributed by atoms with Crippen molar-refractivity contribution in [3.63, 3.8) is 0 Å². The number of aliphatic carboxylic acids is 1. The van der Waals surface area contributed by atoms with E-state index in [1.165, 1.54) is 11.8 Å². The number of hydrogen-bond donors (Lipinski definition) is 2. The van der Waals surface area contributed by atoms with E-state index in [0.717, 1.165) is 4.90 Å². The maximum atomic E-state index is 11.9. The third-order valence-electron chi connectivity index (χ3n) is 2.78. The smallest absolute Gasteiger partial charge is 0.305 e. The van der Waals surface area contributed by atoms with E-state index < -0.39 is 5.97 Å². The summed E-state index contributed by atoms with van der Waals surface area (Å²) < 4.78 is 0. The van der Waals surface area contributed by atoms with Crippen LogP contribution in [0.2, 0.25) is 0 Å². The second-order valence-corrected chi connectivity index (χ2v) is 6.60. The molecule has 0 aliphatic rings. The Hall–Kier alpha value is -1.56. The molecule has 5 nitrogen and oxygen atoms in total. The van der Waals surface area contributed by atoms with Gasteiger partial charge in [-0.05, 0) is 17.5 Å². The van der Waals surface area contributed by atoms with Crippen molar-refractivity contribution in [1.29, 1.82) is 0 Å². The molecule has 1 aromatic heterocycles. The quantitative estimate of drug-likeness (QED) is 0.787. The monoisotopic (exact) mass is 296 g/mol. The van der Waals surface area contributed by atoms with Gasteiger partial charge >= 0.3 is 5.97 Å². The van der Waals surface area contributed by atoms with Crippen LogP contribution in [0.3, 0.4) is 0 Å². The Labute approximate surface area is 123 Å². The van der Waals surface area contributed by atoms with Gasteiger partial charge in [-0.15, -0.1) is 11.8 Å². The number of rotatable bonds is 6. The van der Waals surface area contributed by atoms with Crippen LogP contribution in [0, 0.1) is 5.41 Å². The molecule has 1 rings (SSSR count). The molecular formula is C14H20N2O3S. The van der Waals surface area contributed by atoms with Gasteiger partial charge in [-0.1, -0.05) is 20.8 Å². The second-order valence-electron chi connectivity index (χ2n) is 5.56. The molecule has 6 heteroatoms. The highest BCUT2D eigenvalue weighted by molar-refractivity contribution is 8.00. The SMILES string of the molecule is CC(C)(C)C(CC(=O)O)NC(=O)CSc1ccncc1. The molecule has 0 aliphatic heterocycles. The van der Waals surface area contributed by atoms with E-state index in [0.29, 0.717) is 0 Å². The lowest BCUT2D eigenvalue weighted by molar-refractivity contribution is -0.138. The normalized spacial score (nSPS) is 12.8. The molecule has 2 N–H and O–H groups in total. The molecule has 1 unspecified atom stereocenters. The molecule has 0 radical (unpaired) electrons. The molecule has 1 atom stereocenters. The molecule has 0 aromatic carbocycles. The van der Waals surface area contributed by atoms with Crippen molar-refractivity contribution < 1.29 is 14.7 Å². The van der Waals surface area contributed by atoms with Crippen LogP contribution in [0.1, 0.15) is 27.2 Å². The van der Waals surface area contributed by atoms with Gasteiger partial charge in [0, 0.05) is 23.3 Å². The molecule has 0 aliphatic carbocycles. The maximum Gasteiger partial charge on any atom is 0.305 e. The Balaban J connectivity index is 2.52. The van der Waals surface area contributed by atoms with Crippen molar-refractivity contribution in [3.05, 3.63) is 24.5 Å². The van der Waals surface area contributed by atoms with E-state index in [2.05, 4.69) is 10.3 Å². The Morgan fingerprint density at radius 3 is 2.45 bits per heavy atom. The van der Waals surface area contributed by atoms with Crippen molar-refractivity contribution in [3.8, 4) is 0 Å². The van der Waals surface area contributed by atoms with Gasteiger partial charge in [0.15, 0.2) is 0 Å². The second kappa shape index (κ2) is 7.28. The van der Waals surface area contributed by atoms with Crippen LogP contribution in [0.5, 0.6) is 0 Å². The third kappa shape index (κ3) is 6.06. The Bertz CT molecular complexity index is 457. The molecular weight excluding hydrogens is 276 g/mol. The highest BCUT2D eigenvalue weighted by Gasteiger charge is 2.28. The van der Waals surface area contributed by atoms with E-state index in [4.69, 9.17) is 5.11 Å². The fourth-order valence-corrected chi connectivity index (χ4v) is 2.26. The average Bonchev–Trinajstić information content (AvgIpc) is 2.35. The van der Waals surface area contributed by atoms with Gasteiger partial charge in [0.05, 0.1) is 12.2 Å². The number of thioether (sulfide) groups is 1. The zero-order valence-corrected chi connectivity index (χ0v) is 12.7. The summed E-state index contributed by atoms with van der Waals surface area (Å²) in [5.74, 6) is -0.809. The number of pyridine rings is 1. The lowest BCUT2D eigenvalue weighted by Gasteiger charge is -2.30. The predicted molar refractivity (Wildman–Crippen MR) is 78.6 cm³/mol. The first-order valence-corrected chi connectivity index (χ1v) is 7.31. The molecule has 0 saturated heterocycles. The first-order chi connectivity index (χ1) is 9.29. The Kier molecular flexibility index (Phi) is 6.01. The summed E-state index contributed by atoms with van der Waals surface area (Å²) in [5, 5.41) is 11.7. The van der Waals surface area contributed by atoms with Crippen molar-refractivity contribution in [2.45, 2.75) is 38.1 Å². The summed E-state index contributed by atoms with van der Waals surface area (Å²) in [6.07, 6.45) is 3.26. The molecule has 0 fully saturated rings. The molecule has 1 aromatic rings. The standard InChI is InChI=1S/C14H20N2O3S/c1-14(2,3)11(8-13(18)19)16-12(17)9-20-10-4-6-15-7-5-10/h4-7,11H,8-9H2,1-3H3,(H,16,17)(H,18,19). The van der Waals surface area contributed by atoms with Crippen LogP contribution in [0.4, 0.5) is 0 Å². The van der Waals surface area contributed by atoms with E-state index in [-0.39, 0.29) is 29.5 Å². The van der Waals surface area contributed by atoms with E-state index in [1.807, 2.05) is 32.9 Å². The average molecular weight is 296 g/mol. The number of carbonyl (C=O) groups is 2. The van der Waals surface area contributed by atoms with Crippen LogP contribution in [0.25, 0.3) is 0 Å². The minimum atomic E-state index is -0.910. The first-order valence-electron chi connectivity index (χ1n) is 6.33. The predicted octanol–water partition coefficient (Wildman–Crippen LogP) is 2.18. The molecule has 20 heavy (non-hydrogen) atoms. The van der Waals surface area contributed by atoms with Crippen molar-refractivity contribution in [2.75, 3.05) is 5.75 Å². The summed E-state index contributed by atoms with van der Waals surface area (Å²) >= 11 is 1.40. The molecule has 0 saturated carbocycles. The van der Waals surface area contributed by atoms with E-state index in [9.17, 15) is 9.59 Å². The minimum Gasteiger partial charge on any atom is -0.481 e. The molecule has 0 spiro atoms. The zero-order chi connectivity index (χ0) is 15.2. The zero-order valence-electron chi connectivity index (χ0n) is 11.9. The van der Waals surface area contributed by atoms with Gasteiger partial charge < -0.3 is 10.4 Å². The number of hydrogen-bond acceptors (Lipinski definition) is 4. The summed E-state index contributed by atoms with van der Waals surface area (Å²) in [7, 11) is 0. The lowest BCUT2D eigenvalue weighted by atomic mass is 9.85. The van der Waals surface area contributed by atoms with Gasteiger partial charge in [-0.2, -0.15) is 0 Å². The lowest BCUT2D eigenvalue weighted by Crippen LogP contribution is -2.45. The van der Waals surface area contributed by atoms with Gasteiger partial charge in [0.2, 0.25) is 5.91 Å². The van der Waals surface area contributed by atoms with Crippen LogP contribution in [-0.2, 0) is 9.59 Å². The number of aromatic nitrogens is 1. The van der Waals surface area contributed by atoms with Crippen LogP contribution in [0.15, 0.2) is 29.4 Å². The fourth-order valence-electron chi connectivity index (χ4n) is 1.57. The van der Waals surface area contributed by atoms with Gasteiger partial charge in [0.1, 0.15) is 0 Å². The molecule has 1 heterocycles. The largest absolute Gasteiger partial charge is 0.481 e. The number of nitrogens with one attached hydrogen (secondary N) is 1. The third-order valence-corrected chi connectivity index (χ3v) is 3.79.